The summed E-state index contributed by atoms with van der Waals surface area (Å²) >= 11 is 5.95. The smallest absolute Gasteiger partial charge is 0.408 e. The minimum absolute atomic E-state index is 0.156. The number of aromatic nitrogens is 1. The summed E-state index contributed by atoms with van der Waals surface area (Å²) in [4.78, 5) is 16.4. The second-order valence-electron chi connectivity index (χ2n) is 9.05. The highest BCUT2D eigenvalue weighted by molar-refractivity contribution is 6.30. The molecule has 2 aromatic carbocycles. The van der Waals surface area contributed by atoms with Crippen LogP contribution in [0, 0.1) is 11.8 Å². The van der Waals surface area contributed by atoms with Crippen LogP contribution in [0.1, 0.15) is 51.4 Å². The maximum absolute atomic E-state index is 11.9. The van der Waals surface area contributed by atoms with Crippen LogP contribution in [0.25, 0.3) is 16.7 Å². The number of rotatable bonds is 4. The number of hydrogen-bond donors (Lipinski definition) is 1. The van der Waals surface area contributed by atoms with Gasteiger partial charge in [0, 0.05) is 28.4 Å². The quantitative estimate of drug-likeness (QED) is 0.411. The summed E-state index contributed by atoms with van der Waals surface area (Å²) in [5.74, 6) is 6.27. The summed E-state index contributed by atoms with van der Waals surface area (Å²) in [6.45, 7) is 9.46. The Labute approximate surface area is 207 Å². The van der Waals surface area contributed by atoms with Crippen molar-refractivity contribution < 1.29 is 9.53 Å². The molecule has 0 spiro atoms. The van der Waals surface area contributed by atoms with Gasteiger partial charge < -0.3 is 10.1 Å². The van der Waals surface area contributed by atoms with E-state index in [4.69, 9.17) is 16.3 Å². The fraction of sp³-hybridized carbons (Fsp3) is 0.241. The maximum Gasteiger partial charge on any atom is 0.408 e. The van der Waals surface area contributed by atoms with E-state index in [0.717, 1.165) is 27.8 Å². The molecule has 0 aliphatic heterocycles. The molecule has 1 atom stereocenters. The van der Waals surface area contributed by atoms with E-state index in [1.807, 2.05) is 108 Å². The zero-order valence-corrected chi connectivity index (χ0v) is 20.9. The molecule has 1 heterocycles. The molecule has 5 heteroatoms. The van der Waals surface area contributed by atoms with Crippen molar-refractivity contribution in [2.75, 3.05) is 0 Å². The van der Waals surface area contributed by atoms with E-state index in [-0.39, 0.29) is 6.04 Å². The van der Waals surface area contributed by atoms with E-state index in [9.17, 15) is 4.79 Å². The van der Waals surface area contributed by atoms with Gasteiger partial charge in [0.15, 0.2) is 0 Å². The average molecular weight is 473 g/mol. The highest BCUT2D eigenvalue weighted by atomic mass is 35.5. The van der Waals surface area contributed by atoms with Gasteiger partial charge in [-0.1, -0.05) is 53.9 Å². The molecular formula is C29H29ClN2O2. The van der Waals surface area contributed by atoms with Gasteiger partial charge in [-0.25, -0.2) is 9.78 Å². The summed E-state index contributed by atoms with van der Waals surface area (Å²) in [6.07, 6.45) is 3.39. The molecule has 174 valence electrons. The number of nitrogens with zero attached hydrogens (tertiary/aromatic N) is 1. The molecule has 0 fully saturated rings. The molecule has 34 heavy (non-hydrogen) atoms. The molecule has 3 aromatic rings. The third kappa shape index (κ3) is 7.79. The molecule has 1 aromatic heterocycles. The molecule has 0 unspecified atom stereocenters. The number of allylic oxidation sites excluding steroid dienone is 1. The first kappa shape index (κ1) is 25.1. The number of carbonyl (C=O) groups excluding carboxylic acids is 1. The van der Waals surface area contributed by atoms with Crippen molar-refractivity contribution in [3.63, 3.8) is 0 Å². The number of nitrogens with one attached hydrogen (secondary N) is 1. The zero-order chi connectivity index (χ0) is 24.7. The molecule has 1 N–H and O–H groups in total. The summed E-state index contributed by atoms with van der Waals surface area (Å²) in [5.41, 5.74) is 5.29. The largest absolute Gasteiger partial charge is 0.444 e. The van der Waals surface area contributed by atoms with Crippen LogP contribution in [0.2, 0.25) is 5.02 Å². The minimum atomic E-state index is -0.520. The van der Waals surface area contributed by atoms with Crippen LogP contribution in [-0.2, 0) is 4.74 Å². The van der Waals surface area contributed by atoms with Crippen molar-refractivity contribution in [3.05, 3.63) is 94.8 Å². The zero-order valence-electron chi connectivity index (χ0n) is 20.1. The molecule has 3 rings (SSSR count). The Hall–Kier alpha value is -3.55. The number of halogens is 1. The minimum Gasteiger partial charge on any atom is -0.444 e. The van der Waals surface area contributed by atoms with Crippen LogP contribution in [0.15, 0.2) is 72.9 Å². The van der Waals surface area contributed by atoms with Crippen molar-refractivity contribution in [2.24, 2.45) is 0 Å². The van der Waals surface area contributed by atoms with Gasteiger partial charge in [0.25, 0.3) is 0 Å². The van der Waals surface area contributed by atoms with Gasteiger partial charge in [-0.05, 0) is 87.6 Å². The lowest BCUT2D eigenvalue weighted by Gasteiger charge is -2.21. The Balaban J connectivity index is 1.62. The number of pyridine rings is 1. The first-order valence-electron chi connectivity index (χ1n) is 11.1. The third-order valence-corrected chi connectivity index (χ3v) is 5.11. The highest BCUT2D eigenvalue weighted by Gasteiger charge is 2.17. The predicted octanol–water partition coefficient (Wildman–Crippen LogP) is 7.12. The molecule has 0 saturated carbocycles. The maximum atomic E-state index is 11.9. The number of amides is 1. The van der Waals surface area contributed by atoms with Crippen LogP contribution in [0.4, 0.5) is 4.79 Å². The Morgan fingerprint density at radius 1 is 1.00 bits per heavy atom. The van der Waals surface area contributed by atoms with Crippen LogP contribution in [0.3, 0.4) is 0 Å². The first-order valence-corrected chi connectivity index (χ1v) is 11.5. The number of alkyl carbamates (subject to hydrolysis) is 1. The Kier molecular flexibility index (Phi) is 8.15. The number of ether oxygens (including phenoxy) is 1. The molecule has 4 nitrogen and oxygen atoms in total. The average Bonchev–Trinajstić information content (AvgIpc) is 2.77. The predicted molar refractivity (Wildman–Crippen MR) is 140 cm³/mol. The molecule has 0 radical (unpaired) electrons. The topological polar surface area (TPSA) is 51.2 Å². The lowest BCUT2D eigenvalue weighted by atomic mass is 10.0. The molecule has 0 saturated heterocycles. The summed E-state index contributed by atoms with van der Waals surface area (Å²) in [6, 6.07) is 19.4. The Morgan fingerprint density at radius 3 is 2.24 bits per heavy atom. The third-order valence-electron chi connectivity index (χ3n) is 4.86. The Bertz CT molecular complexity index is 1210. The normalized spacial score (nSPS) is 12.4. The number of benzene rings is 2. The second-order valence-corrected chi connectivity index (χ2v) is 9.49. The second kappa shape index (κ2) is 11.0. The lowest BCUT2D eigenvalue weighted by Crippen LogP contribution is -2.36. The fourth-order valence-corrected chi connectivity index (χ4v) is 3.37. The standard InChI is InChI=1S/C29H29ClN2O2/c1-20(18-21(2)32-28(33)34-29(3,4)5)23-9-6-22(7-10-23)8-16-27-17-13-25(19-31-27)24-11-14-26(30)15-12-24/h6-7,9-15,17-19,21H,1-5H3,(H,32,33)/b20-18+/t21-/m0/s1. The van der Waals surface area contributed by atoms with Crippen molar-refractivity contribution >= 4 is 23.3 Å². The molecular weight excluding hydrogens is 444 g/mol. The Morgan fingerprint density at radius 2 is 1.65 bits per heavy atom. The van der Waals surface area contributed by atoms with Crippen molar-refractivity contribution in [1.29, 1.82) is 0 Å². The van der Waals surface area contributed by atoms with Crippen LogP contribution >= 0.6 is 11.6 Å². The summed E-state index contributed by atoms with van der Waals surface area (Å²) in [5, 5.41) is 3.54. The van der Waals surface area contributed by atoms with Gasteiger partial charge in [-0.2, -0.15) is 0 Å². The molecule has 1 amide bonds. The van der Waals surface area contributed by atoms with Gasteiger partial charge in [-0.15, -0.1) is 0 Å². The van der Waals surface area contributed by atoms with E-state index in [1.165, 1.54) is 0 Å². The van der Waals surface area contributed by atoms with E-state index in [0.29, 0.717) is 10.7 Å². The van der Waals surface area contributed by atoms with Gasteiger partial charge in [-0.3, -0.25) is 0 Å². The van der Waals surface area contributed by atoms with Crippen LogP contribution in [-0.4, -0.2) is 22.7 Å². The monoisotopic (exact) mass is 472 g/mol. The number of carbonyl (C=O) groups is 1. The van der Waals surface area contributed by atoms with Crippen molar-refractivity contribution in [2.45, 2.75) is 46.3 Å². The van der Waals surface area contributed by atoms with Crippen molar-refractivity contribution in [3.8, 4) is 23.0 Å². The van der Waals surface area contributed by atoms with Crippen LogP contribution < -0.4 is 5.32 Å². The molecule has 0 bridgehead atoms. The van der Waals surface area contributed by atoms with Crippen LogP contribution in [0.5, 0.6) is 0 Å². The van der Waals surface area contributed by atoms with Gasteiger partial charge in [0.05, 0.1) is 0 Å². The molecule has 0 aliphatic carbocycles. The fourth-order valence-electron chi connectivity index (χ4n) is 3.24. The first-order chi connectivity index (χ1) is 16.1. The number of hydrogen-bond acceptors (Lipinski definition) is 3. The highest BCUT2D eigenvalue weighted by Crippen LogP contribution is 2.21. The van der Waals surface area contributed by atoms with E-state index >= 15 is 0 Å². The van der Waals surface area contributed by atoms with Gasteiger partial charge in [0.1, 0.15) is 11.3 Å². The SMILES string of the molecule is C/C(=C\[C@H](C)NC(=O)OC(C)(C)C)c1ccc(C#Cc2ccc(-c3ccc(Cl)cc3)cn2)cc1. The van der Waals surface area contributed by atoms with E-state index in [2.05, 4.69) is 22.1 Å². The summed E-state index contributed by atoms with van der Waals surface area (Å²) in [7, 11) is 0. The lowest BCUT2D eigenvalue weighted by molar-refractivity contribution is 0.0518. The van der Waals surface area contributed by atoms with E-state index in [1.54, 1.807) is 0 Å². The van der Waals surface area contributed by atoms with Gasteiger partial charge >= 0.3 is 6.09 Å². The van der Waals surface area contributed by atoms with Gasteiger partial charge in [0.2, 0.25) is 0 Å². The van der Waals surface area contributed by atoms with Crippen molar-refractivity contribution in [1.82, 2.24) is 10.3 Å². The van der Waals surface area contributed by atoms with E-state index < -0.39 is 11.7 Å². The summed E-state index contributed by atoms with van der Waals surface area (Å²) < 4.78 is 5.30. The molecule has 0 aliphatic rings.